The first-order chi connectivity index (χ1) is 7.14. The molecule has 4 heteroatoms. The van der Waals surface area contributed by atoms with Gasteiger partial charge in [-0.25, -0.2) is 4.98 Å². The first-order valence-corrected chi connectivity index (χ1v) is 6.23. The molecule has 1 fully saturated rings. The lowest BCUT2D eigenvalue weighted by molar-refractivity contribution is 0.154. The van der Waals surface area contributed by atoms with E-state index in [2.05, 4.69) is 17.2 Å². The Morgan fingerprint density at radius 1 is 1.67 bits per heavy atom. The molecule has 1 unspecified atom stereocenters. The smallest absolute Gasteiger partial charge is 0.0897 e. The lowest BCUT2D eigenvalue weighted by Crippen LogP contribution is -2.47. The highest BCUT2D eigenvalue weighted by atomic mass is 32.1. The molecule has 2 rings (SSSR count). The fourth-order valence-corrected chi connectivity index (χ4v) is 2.56. The van der Waals surface area contributed by atoms with Gasteiger partial charge in [-0.1, -0.05) is 0 Å². The Morgan fingerprint density at radius 2 is 2.40 bits per heavy atom. The van der Waals surface area contributed by atoms with Gasteiger partial charge in [0.05, 0.1) is 11.6 Å². The average Bonchev–Trinajstić information content (AvgIpc) is 3.00. The molecule has 1 aromatic heterocycles. The third kappa shape index (κ3) is 2.56. The van der Waals surface area contributed by atoms with Crippen molar-refractivity contribution in [1.29, 1.82) is 0 Å². The summed E-state index contributed by atoms with van der Waals surface area (Å²) in [5.41, 5.74) is -0.0993. The molecule has 3 nitrogen and oxygen atoms in total. The second kappa shape index (κ2) is 4.20. The summed E-state index contributed by atoms with van der Waals surface area (Å²) >= 11 is 1.72. The molecular formula is C11H18N2OS. The van der Waals surface area contributed by atoms with Gasteiger partial charge in [-0.3, -0.25) is 0 Å². The number of aryl methyl sites for hydroxylation is 1. The predicted octanol–water partition coefficient (Wildman–Crippen LogP) is 1.70. The van der Waals surface area contributed by atoms with Crippen molar-refractivity contribution in [1.82, 2.24) is 10.3 Å². The topological polar surface area (TPSA) is 45.2 Å². The summed E-state index contributed by atoms with van der Waals surface area (Å²) < 4.78 is 0. The van der Waals surface area contributed by atoms with E-state index in [-0.39, 0.29) is 12.1 Å². The summed E-state index contributed by atoms with van der Waals surface area (Å²) in [6.07, 6.45) is 4.40. The molecule has 1 heterocycles. The summed E-state index contributed by atoms with van der Waals surface area (Å²) in [6.45, 7) is 5.16. The van der Waals surface area contributed by atoms with E-state index in [0.717, 1.165) is 11.6 Å². The van der Waals surface area contributed by atoms with Crippen LogP contribution >= 0.6 is 11.3 Å². The van der Waals surface area contributed by atoms with Gasteiger partial charge in [0.15, 0.2) is 0 Å². The molecule has 0 amide bonds. The quantitative estimate of drug-likeness (QED) is 0.803. The summed E-state index contributed by atoms with van der Waals surface area (Å²) in [5.74, 6) is 0.650. The van der Waals surface area contributed by atoms with Crippen molar-refractivity contribution in [3.8, 4) is 0 Å². The molecule has 1 atom stereocenters. The zero-order valence-electron chi connectivity index (χ0n) is 9.29. The SMILES string of the molecule is Cc1ncc(CNC(C)(CO)C2CC2)s1. The number of rotatable bonds is 5. The van der Waals surface area contributed by atoms with Gasteiger partial charge in [0.25, 0.3) is 0 Å². The van der Waals surface area contributed by atoms with Gasteiger partial charge in [0, 0.05) is 23.2 Å². The molecule has 1 saturated carbocycles. The Balaban J connectivity index is 1.91. The first-order valence-electron chi connectivity index (χ1n) is 5.41. The summed E-state index contributed by atoms with van der Waals surface area (Å²) in [5, 5.41) is 14.0. The van der Waals surface area contributed by atoms with Crippen LogP contribution in [0.3, 0.4) is 0 Å². The highest BCUT2D eigenvalue weighted by molar-refractivity contribution is 7.11. The molecule has 1 aromatic rings. The number of hydrogen-bond donors (Lipinski definition) is 2. The Kier molecular flexibility index (Phi) is 3.09. The van der Waals surface area contributed by atoms with Crippen molar-refractivity contribution in [3.05, 3.63) is 16.1 Å². The molecule has 0 radical (unpaired) electrons. The van der Waals surface area contributed by atoms with Crippen LogP contribution in [0.1, 0.15) is 29.7 Å². The minimum atomic E-state index is -0.0993. The maximum Gasteiger partial charge on any atom is 0.0897 e. The maximum atomic E-state index is 9.40. The summed E-state index contributed by atoms with van der Waals surface area (Å²) in [6, 6.07) is 0. The van der Waals surface area contributed by atoms with Crippen molar-refractivity contribution >= 4 is 11.3 Å². The van der Waals surface area contributed by atoms with Crippen molar-refractivity contribution < 1.29 is 5.11 Å². The number of nitrogens with one attached hydrogen (secondary N) is 1. The molecule has 0 aromatic carbocycles. The number of aliphatic hydroxyl groups excluding tert-OH is 1. The van der Waals surface area contributed by atoms with Gasteiger partial charge in [0.2, 0.25) is 0 Å². The molecule has 0 bridgehead atoms. The van der Waals surface area contributed by atoms with Crippen molar-refractivity contribution in [3.63, 3.8) is 0 Å². The number of nitrogens with zero attached hydrogens (tertiary/aromatic N) is 1. The molecule has 1 aliphatic carbocycles. The molecule has 1 aliphatic rings. The minimum absolute atomic E-state index is 0.0993. The van der Waals surface area contributed by atoms with Crippen molar-refractivity contribution in [2.75, 3.05) is 6.61 Å². The standard InChI is InChI=1S/C11H18N2OS/c1-8-12-5-10(15-8)6-13-11(2,7-14)9-3-4-9/h5,9,13-14H,3-4,6-7H2,1-2H3. The molecule has 2 N–H and O–H groups in total. The Hall–Kier alpha value is -0.450. The van der Waals surface area contributed by atoms with E-state index < -0.39 is 0 Å². The van der Waals surface area contributed by atoms with Gasteiger partial charge in [-0.15, -0.1) is 11.3 Å². The molecule has 15 heavy (non-hydrogen) atoms. The third-order valence-corrected chi connectivity index (χ3v) is 4.06. The predicted molar refractivity (Wildman–Crippen MR) is 61.9 cm³/mol. The molecule has 84 valence electrons. The van der Waals surface area contributed by atoms with Crippen LogP contribution in [-0.2, 0) is 6.54 Å². The second-order valence-electron chi connectivity index (χ2n) is 4.55. The van der Waals surface area contributed by atoms with Crippen molar-refractivity contribution in [2.45, 2.75) is 38.8 Å². The van der Waals surface area contributed by atoms with Crippen LogP contribution in [0.15, 0.2) is 6.20 Å². The van der Waals surface area contributed by atoms with E-state index in [0.29, 0.717) is 5.92 Å². The van der Waals surface area contributed by atoms with E-state index >= 15 is 0 Å². The Bertz CT molecular complexity index is 335. The molecule has 0 saturated heterocycles. The van der Waals surface area contributed by atoms with Crippen LogP contribution in [0.25, 0.3) is 0 Å². The van der Waals surface area contributed by atoms with Gasteiger partial charge in [0.1, 0.15) is 0 Å². The average molecular weight is 226 g/mol. The van der Waals surface area contributed by atoms with Crippen LogP contribution in [0.4, 0.5) is 0 Å². The Labute approximate surface area is 94.5 Å². The third-order valence-electron chi connectivity index (χ3n) is 3.14. The highest BCUT2D eigenvalue weighted by Crippen LogP contribution is 2.39. The fourth-order valence-electron chi connectivity index (χ4n) is 1.83. The maximum absolute atomic E-state index is 9.40. The van der Waals surface area contributed by atoms with Gasteiger partial charge in [-0.2, -0.15) is 0 Å². The van der Waals surface area contributed by atoms with Crippen LogP contribution in [0, 0.1) is 12.8 Å². The summed E-state index contributed by atoms with van der Waals surface area (Å²) in [4.78, 5) is 5.46. The monoisotopic (exact) mass is 226 g/mol. The zero-order valence-corrected chi connectivity index (χ0v) is 10.1. The number of hydrogen-bond acceptors (Lipinski definition) is 4. The first kappa shape index (κ1) is 11.0. The lowest BCUT2D eigenvalue weighted by Gasteiger charge is -2.28. The second-order valence-corrected chi connectivity index (χ2v) is 5.87. The van der Waals surface area contributed by atoms with E-state index in [9.17, 15) is 5.11 Å². The van der Waals surface area contributed by atoms with Crippen LogP contribution in [-0.4, -0.2) is 22.2 Å². The molecular weight excluding hydrogens is 208 g/mol. The number of aromatic nitrogens is 1. The normalized spacial score (nSPS) is 20.2. The van der Waals surface area contributed by atoms with E-state index in [4.69, 9.17) is 0 Å². The van der Waals surface area contributed by atoms with Gasteiger partial charge in [-0.05, 0) is 32.6 Å². The van der Waals surface area contributed by atoms with E-state index in [1.165, 1.54) is 17.7 Å². The van der Waals surface area contributed by atoms with Crippen molar-refractivity contribution in [2.24, 2.45) is 5.92 Å². The van der Waals surface area contributed by atoms with Crippen LogP contribution in [0.5, 0.6) is 0 Å². The van der Waals surface area contributed by atoms with Gasteiger partial charge >= 0.3 is 0 Å². The van der Waals surface area contributed by atoms with Crippen LogP contribution < -0.4 is 5.32 Å². The molecule has 0 spiro atoms. The largest absolute Gasteiger partial charge is 0.394 e. The summed E-state index contributed by atoms with van der Waals surface area (Å²) in [7, 11) is 0. The Morgan fingerprint density at radius 3 is 2.87 bits per heavy atom. The zero-order chi connectivity index (χ0) is 10.9. The van der Waals surface area contributed by atoms with Gasteiger partial charge < -0.3 is 10.4 Å². The van der Waals surface area contributed by atoms with E-state index in [1.807, 2.05) is 13.1 Å². The van der Waals surface area contributed by atoms with Crippen LogP contribution in [0.2, 0.25) is 0 Å². The molecule has 0 aliphatic heterocycles. The fraction of sp³-hybridized carbons (Fsp3) is 0.727. The number of thiazole rings is 1. The lowest BCUT2D eigenvalue weighted by atomic mass is 9.97. The number of aliphatic hydroxyl groups is 1. The minimum Gasteiger partial charge on any atom is -0.394 e. The highest BCUT2D eigenvalue weighted by Gasteiger charge is 2.40. The van der Waals surface area contributed by atoms with E-state index in [1.54, 1.807) is 11.3 Å².